The zero-order valence-electron chi connectivity index (χ0n) is 9.64. The maximum atomic E-state index is 10.8. The van der Waals surface area contributed by atoms with Crippen LogP contribution < -0.4 is 4.72 Å². The van der Waals surface area contributed by atoms with Gasteiger partial charge in [0.05, 0.1) is 12.2 Å². The van der Waals surface area contributed by atoms with Gasteiger partial charge in [0.1, 0.15) is 0 Å². The van der Waals surface area contributed by atoms with E-state index in [2.05, 4.69) is 4.72 Å². The van der Waals surface area contributed by atoms with E-state index in [1.807, 2.05) is 27.7 Å². The molecule has 1 N–H and O–H groups in total. The van der Waals surface area contributed by atoms with Crippen LogP contribution in [0.2, 0.25) is 0 Å². The van der Waals surface area contributed by atoms with Crippen molar-refractivity contribution in [1.29, 1.82) is 0 Å². The lowest BCUT2D eigenvalue weighted by Crippen LogP contribution is -2.13. The highest BCUT2D eigenvalue weighted by molar-refractivity contribution is 8.67. The van der Waals surface area contributed by atoms with E-state index in [4.69, 9.17) is 20.9 Å². The highest BCUT2D eigenvalue weighted by Gasteiger charge is 2.24. The molecule has 15 heavy (non-hydrogen) atoms. The first kappa shape index (κ1) is 15.4. The minimum atomic E-state index is -2.47. The fraction of sp³-hybridized carbons (Fsp3) is 0.875. The topological polar surface area (TPSA) is 47.6 Å². The Bertz CT molecular complexity index is 244. The van der Waals surface area contributed by atoms with Gasteiger partial charge in [0, 0.05) is 18.5 Å². The minimum Gasteiger partial charge on any atom is -0.318 e. The van der Waals surface area contributed by atoms with Gasteiger partial charge in [-0.3, -0.25) is 9.52 Å². The summed E-state index contributed by atoms with van der Waals surface area (Å²) in [5, 5.41) is 0. The second-order valence-electron chi connectivity index (χ2n) is 3.51. The normalized spacial score (nSPS) is 12.2. The van der Waals surface area contributed by atoms with Crippen molar-refractivity contribution >= 4 is 35.0 Å². The molecular formula is C8H18NO3PS2. The lowest BCUT2D eigenvalue weighted by molar-refractivity contribution is -0.117. The first-order chi connectivity index (χ1) is 6.75. The van der Waals surface area contributed by atoms with Crippen molar-refractivity contribution in [3.05, 3.63) is 0 Å². The number of amides is 1. The zero-order valence-corrected chi connectivity index (χ0v) is 12.2. The molecule has 90 valence electrons. The van der Waals surface area contributed by atoms with Gasteiger partial charge in [0.25, 0.3) is 5.69 Å². The average Bonchev–Trinajstić information content (AvgIpc) is 1.97. The van der Waals surface area contributed by atoms with Gasteiger partial charge >= 0.3 is 0 Å². The summed E-state index contributed by atoms with van der Waals surface area (Å²) < 4.78 is 13.7. The van der Waals surface area contributed by atoms with Crippen molar-refractivity contribution in [2.24, 2.45) is 0 Å². The fourth-order valence-corrected chi connectivity index (χ4v) is 5.49. The summed E-state index contributed by atoms with van der Waals surface area (Å²) in [7, 11) is 0. The molecule has 0 saturated heterocycles. The summed E-state index contributed by atoms with van der Waals surface area (Å²) in [6, 6.07) is 0. The molecular weight excluding hydrogens is 253 g/mol. The van der Waals surface area contributed by atoms with Gasteiger partial charge in [-0.2, -0.15) is 0 Å². The van der Waals surface area contributed by atoms with E-state index in [1.165, 1.54) is 6.92 Å². The van der Waals surface area contributed by atoms with Crippen molar-refractivity contribution in [3.8, 4) is 0 Å². The summed E-state index contributed by atoms with van der Waals surface area (Å²) in [6.07, 6.45) is -0.0355. The van der Waals surface area contributed by atoms with Crippen LogP contribution >= 0.6 is 17.3 Å². The monoisotopic (exact) mass is 271 g/mol. The zero-order chi connectivity index (χ0) is 12.1. The smallest absolute Gasteiger partial charge is 0.268 e. The van der Waals surface area contributed by atoms with Gasteiger partial charge in [-0.1, -0.05) is 0 Å². The molecule has 0 aliphatic carbocycles. The Labute approximate surface area is 101 Å². The number of carbonyl (C=O) groups excluding carboxylic acids is 1. The molecule has 0 unspecified atom stereocenters. The van der Waals surface area contributed by atoms with E-state index in [0.29, 0.717) is 0 Å². The highest BCUT2D eigenvalue weighted by atomic mass is 32.9. The Kier molecular flexibility index (Phi) is 7.04. The van der Waals surface area contributed by atoms with Crippen LogP contribution in [0, 0.1) is 0 Å². The maximum absolute atomic E-state index is 10.8. The van der Waals surface area contributed by atoms with Crippen molar-refractivity contribution in [3.63, 3.8) is 0 Å². The third-order valence-electron chi connectivity index (χ3n) is 0.981. The Morgan fingerprint density at radius 2 is 1.67 bits per heavy atom. The van der Waals surface area contributed by atoms with E-state index >= 15 is 0 Å². The Hall–Kier alpha value is 0.390. The highest BCUT2D eigenvalue weighted by Crippen LogP contribution is 2.60. The molecule has 7 heteroatoms. The van der Waals surface area contributed by atoms with Crippen molar-refractivity contribution in [1.82, 2.24) is 4.72 Å². The lowest BCUT2D eigenvalue weighted by Gasteiger charge is -2.24. The largest absolute Gasteiger partial charge is 0.318 e. The van der Waals surface area contributed by atoms with Crippen LogP contribution in [0.15, 0.2) is 0 Å². The van der Waals surface area contributed by atoms with E-state index in [1.54, 1.807) is 0 Å². The van der Waals surface area contributed by atoms with Crippen molar-refractivity contribution in [2.75, 3.05) is 0 Å². The molecule has 0 aliphatic heterocycles. The number of rotatable bonds is 6. The van der Waals surface area contributed by atoms with E-state index in [9.17, 15) is 4.79 Å². The molecule has 0 radical (unpaired) electrons. The van der Waals surface area contributed by atoms with E-state index in [0.717, 1.165) is 11.6 Å². The minimum absolute atomic E-state index is 0.0177. The Balaban J connectivity index is 4.40. The number of hydrogen-bond acceptors (Lipinski definition) is 5. The molecule has 0 rings (SSSR count). The molecule has 0 bridgehead atoms. The van der Waals surface area contributed by atoms with Gasteiger partial charge in [0.2, 0.25) is 5.91 Å². The summed E-state index contributed by atoms with van der Waals surface area (Å²) in [6.45, 7) is 8.98. The summed E-state index contributed by atoms with van der Waals surface area (Å²) in [5.41, 5.74) is -2.47. The second kappa shape index (κ2) is 6.86. The lowest BCUT2D eigenvalue weighted by atomic mass is 10.5. The Morgan fingerprint density at radius 1 is 1.27 bits per heavy atom. The van der Waals surface area contributed by atoms with Gasteiger partial charge in [-0.05, 0) is 39.5 Å². The third kappa shape index (κ3) is 8.22. The van der Waals surface area contributed by atoms with Gasteiger partial charge in [0.15, 0.2) is 0 Å². The molecule has 1 amide bonds. The van der Waals surface area contributed by atoms with Gasteiger partial charge < -0.3 is 9.05 Å². The van der Waals surface area contributed by atoms with Crippen molar-refractivity contribution in [2.45, 2.75) is 46.8 Å². The SMILES string of the molecule is CC(=O)NSP(=S)(OC(C)C)OC(C)C. The van der Waals surface area contributed by atoms with E-state index in [-0.39, 0.29) is 18.1 Å². The number of carbonyl (C=O) groups is 1. The summed E-state index contributed by atoms with van der Waals surface area (Å²) in [4.78, 5) is 10.8. The van der Waals surface area contributed by atoms with Gasteiger partial charge in [-0.25, -0.2) is 0 Å². The van der Waals surface area contributed by atoms with Gasteiger partial charge in [-0.15, -0.1) is 0 Å². The molecule has 0 saturated carbocycles. The molecule has 0 aromatic heterocycles. The number of nitrogens with one attached hydrogen (secondary N) is 1. The standard InChI is InChI=1S/C8H18NO3PS2/c1-6(2)11-13(14,12-7(3)4)15-9-8(5)10/h6-7H,1-5H3,(H,9,10). The molecule has 0 aromatic carbocycles. The summed E-state index contributed by atoms with van der Waals surface area (Å²) >= 11 is 6.36. The van der Waals surface area contributed by atoms with Crippen LogP contribution in [0.3, 0.4) is 0 Å². The van der Waals surface area contributed by atoms with E-state index < -0.39 is 5.69 Å². The molecule has 0 aromatic rings. The van der Waals surface area contributed by atoms with Crippen LogP contribution in [-0.4, -0.2) is 18.1 Å². The fourth-order valence-electron chi connectivity index (χ4n) is 0.704. The Morgan fingerprint density at radius 3 is 1.93 bits per heavy atom. The quantitative estimate of drug-likeness (QED) is 0.594. The molecule has 0 aliphatic rings. The third-order valence-corrected chi connectivity index (χ3v) is 5.59. The first-order valence-electron chi connectivity index (χ1n) is 4.67. The molecule has 4 nitrogen and oxygen atoms in total. The molecule has 0 fully saturated rings. The predicted molar refractivity (Wildman–Crippen MR) is 68.1 cm³/mol. The maximum Gasteiger partial charge on any atom is 0.268 e. The predicted octanol–water partition coefficient (Wildman–Crippen LogP) is 2.85. The molecule has 0 atom stereocenters. The summed E-state index contributed by atoms with van der Waals surface area (Å²) in [5.74, 6) is -0.158. The first-order valence-corrected chi connectivity index (χ1v) is 8.73. The van der Waals surface area contributed by atoms with Crippen LogP contribution in [0.25, 0.3) is 0 Å². The average molecular weight is 271 g/mol. The number of hydrogen-bond donors (Lipinski definition) is 1. The van der Waals surface area contributed by atoms with Crippen LogP contribution in [-0.2, 0) is 25.6 Å². The van der Waals surface area contributed by atoms with Crippen LogP contribution in [0.5, 0.6) is 0 Å². The van der Waals surface area contributed by atoms with Crippen LogP contribution in [0.1, 0.15) is 34.6 Å². The van der Waals surface area contributed by atoms with Crippen LogP contribution in [0.4, 0.5) is 0 Å². The molecule has 0 heterocycles. The molecule has 0 spiro atoms. The second-order valence-corrected chi connectivity index (χ2v) is 9.33. The van der Waals surface area contributed by atoms with Crippen molar-refractivity contribution < 1.29 is 13.8 Å².